The number of benzene rings is 1. The van der Waals surface area contributed by atoms with Crippen molar-refractivity contribution in [3.05, 3.63) is 58.4 Å². The van der Waals surface area contributed by atoms with Gasteiger partial charge in [-0.2, -0.15) is 0 Å². The van der Waals surface area contributed by atoms with E-state index in [1.807, 2.05) is 32.0 Å². The third-order valence-electron chi connectivity index (χ3n) is 3.55. The standard InChI is InChI=1S/C15H19NO2/c1-11-14(9-17)15(10-18)12(2)16(11)8-13-6-4-3-5-7-13/h3-7,17-18H,8-10H2,1-2H3. The van der Waals surface area contributed by atoms with Crippen molar-refractivity contribution in [1.29, 1.82) is 0 Å². The Labute approximate surface area is 107 Å². The van der Waals surface area contributed by atoms with E-state index in [2.05, 4.69) is 16.7 Å². The zero-order valence-corrected chi connectivity index (χ0v) is 10.8. The predicted octanol–water partition coefficient (Wildman–Crippen LogP) is 2.14. The van der Waals surface area contributed by atoms with Crippen molar-refractivity contribution in [2.24, 2.45) is 0 Å². The first-order valence-electron chi connectivity index (χ1n) is 6.12. The number of aliphatic hydroxyl groups is 2. The zero-order valence-electron chi connectivity index (χ0n) is 10.8. The second kappa shape index (κ2) is 5.38. The fourth-order valence-corrected chi connectivity index (χ4v) is 2.44. The van der Waals surface area contributed by atoms with E-state index in [1.54, 1.807) is 0 Å². The highest BCUT2D eigenvalue weighted by Crippen LogP contribution is 2.23. The first-order chi connectivity index (χ1) is 8.69. The number of hydrogen-bond donors (Lipinski definition) is 2. The van der Waals surface area contributed by atoms with Crippen molar-refractivity contribution < 1.29 is 10.2 Å². The van der Waals surface area contributed by atoms with Crippen LogP contribution in [-0.4, -0.2) is 14.8 Å². The van der Waals surface area contributed by atoms with Crippen molar-refractivity contribution in [2.75, 3.05) is 0 Å². The van der Waals surface area contributed by atoms with Gasteiger partial charge in [-0.15, -0.1) is 0 Å². The SMILES string of the molecule is Cc1c(CO)c(CO)c(C)n1Cc1ccccc1. The van der Waals surface area contributed by atoms with Gasteiger partial charge in [-0.3, -0.25) is 0 Å². The molecule has 0 radical (unpaired) electrons. The molecule has 2 N–H and O–H groups in total. The lowest BCUT2D eigenvalue weighted by Crippen LogP contribution is -2.04. The Morgan fingerprint density at radius 3 is 1.83 bits per heavy atom. The summed E-state index contributed by atoms with van der Waals surface area (Å²) < 4.78 is 2.15. The minimum Gasteiger partial charge on any atom is -0.392 e. The second-order valence-corrected chi connectivity index (χ2v) is 4.52. The van der Waals surface area contributed by atoms with Crippen LogP contribution in [0.5, 0.6) is 0 Å². The first kappa shape index (κ1) is 12.9. The monoisotopic (exact) mass is 245 g/mol. The van der Waals surface area contributed by atoms with Gasteiger partial charge in [-0.25, -0.2) is 0 Å². The molecule has 18 heavy (non-hydrogen) atoms. The van der Waals surface area contributed by atoms with Gasteiger partial charge in [0.15, 0.2) is 0 Å². The van der Waals surface area contributed by atoms with Crippen LogP contribution < -0.4 is 0 Å². The molecule has 0 aliphatic carbocycles. The molecule has 2 rings (SSSR count). The molecule has 0 aliphatic rings. The maximum absolute atomic E-state index is 9.41. The molecule has 0 spiro atoms. The van der Waals surface area contributed by atoms with Crippen molar-refractivity contribution >= 4 is 0 Å². The van der Waals surface area contributed by atoms with Gasteiger partial charge in [-0.05, 0) is 19.4 Å². The van der Waals surface area contributed by atoms with Gasteiger partial charge in [0.1, 0.15) is 0 Å². The molecule has 0 bridgehead atoms. The second-order valence-electron chi connectivity index (χ2n) is 4.52. The molecule has 0 fully saturated rings. The molecule has 0 amide bonds. The highest BCUT2D eigenvalue weighted by molar-refractivity contribution is 5.37. The molecule has 96 valence electrons. The van der Waals surface area contributed by atoms with Crippen LogP contribution in [0.3, 0.4) is 0 Å². The smallest absolute Gasteiger partial charge is 0.0703 e. The third kappa shape index (κ3) is 2.19. The van der Waals surface area contributed by atoms with E-state index < -0.39 is 0 Å². The van der Waals surface area contributed by atoms with Gasteiger partial charge in [0.25, 0.3) is 0 Å². The van der Waals surface area contributed by atoms with Gasteiger partial charge >= 0.3 is 0 Å². The van der Waals surface area contributed by atoms with Gasteiger partial charge in [0, 0.05) is 29.1 Å². The van der Waals surface area contributed by atoms with Gasteiger partial charge in [0.2, 0.25) is 0 Å². The Hall–Kier alpha value is -1.58. The summed E-state index contributed by atoms with van der Waals surface area (Å²) in [6.07, 6.45) is 0. The topological polar surface area (TPSA) is 45.4 Å². The van der Waals surface area contributed by atoms with E-state index in [-0.39, 0.29) is 13.2 Å². The van der Waals surface area contributed by atoms with E-state index >= 15 is 0 Å². The summed E-state index contributed by atoms with van der Waals surface area (Å²) in [6.45, 7) is 4.70. The zero-order chi connectivity index (χ0) is 13.1. The van der Waals surface area contributed by atoms with E-state index in [9.17, 15) is 10.2 Å². The van der Waals surface area contributed by atoms with E-state index in [0.717, 1.165) is 29.1 Å². The van der Waals surface area contributed by atoms with E-state index in [4.69, 9.17) is 0 Å². The average Bonchev–Trinajstić information content (AvgIpc) is 2.63. The predicted molar refractivity (Wildman–Crippen MR) is 71.3 cm³/mol. The molecule has 1 aromatic carbocycles. The first-order valence-corrected chi connectivity index (χ1v) is 6.12. The summed E-state index contributed by atoms with van der Waals surface area (Å²) in [5.41, 5.74) is 4.98. The lowest BCUT2D eigenvalue weighted by atomic mass is 10.1. The van der Waals surface area contributed by atoms with Crippen LogP contribution in [-0.2, 0) is 19.8 Å². The fraction of sp³-hybridized carbons (Fsp3) is 0.333. The summed E-state index contributed by atoms with van der Waals surface area (Å²) in [4.78, 5) is 0. The number of hydrogen-bond acceptors (Lipinski definition) is 2. The van der Waals surface area contributed by atoms with Gasteiger partial charge in [-0.1, -0.05) is 30.3 Å². The summed E-state index contributed by atoms with van der Waals surface area (Å²) in [5.74, 6) is 0. The highest BCUT2D eigenvalue weighted by atomic mass is 16.3. The van der Waals surface area contributed by atoms with Gasteiger partial charge < -0.3 is 14.8 Å². The fourth-order valence-electron chi connectivity index (χ4n) is 2.44. The van der Waals surface area contributed by atoms with Crippen molar-refractivity contribution in [1.82, 2.24) is 4.57 Å². The molecule has 0 saturated heterocycles. The Morgan fingerprint density at radius 1 is 0.889 bits per heavy atom. The lowest BCUT2D eigenvalue weighted by molar-refractivity contribution is 0.260. The van der Waals surface area contributed by atoms with Crippen LogP contribution in [0.2, 0.25) is 0 Å². The summed E-state index contributed by atoms with van der Waals surface area (Å²) in [7, 11) is 0. The summed E-state index contributed by atoms with van der Waals surface area (Å²) in [6, 6.07) is 10.2. The maximum Gasteiger partial charge on any atom is 0.0703 e. The molecular formula is C15H19NO2. The van der Waals surface area contributed by atoms with E-state index in [0.29, 0.717) is 0 Å². The normalized spacial score (nSPS) is 10.9. The molecule has 0 unspecified atom stereocenters. The number of nitrogens with zero attached hydrogens (tertiary/aromatic N) is 1. The Balaban J connectivity index is 2.42. The average molecular weight is 245 g/mol. The minimum atomic E-state index is -0.0235. The third-order valence-corrected chi connectivity index (χ3v) is 3.55. The van der Waals surface area contributed by atoms with Crippen molar-refractivity contribution in [3.63, 3.8) is 0 Å². The molecule has 2 aromatic rings. The molecule has 1 heterocycles. The van der Waals surface area contributed by atoms with Crippen LogP contribution >= 0.6 is 0 Å². The summed E-state index contributed by atoms with van der Waals surface area (Å²) >= 11 is 0. The molecule has 3 nitrogen and oxygen atoms in total. The van der Waals surface area contributed by atoms with Crippen LogP contribution in [0, 0.1) is 13.8 Å². The minimum absolute atomic E-state index is 0.0235. The molecule has 0 atom stereocenters. The Bertz CT molecular complexity index is 502. The highest BCUT2D eigenvalue weighted by Gasteiger charge is 2.15. The summed E-state index contributed by atoms with van der Waals surface area (Å²) in [5, 5.41) is 18.8. The Morgan fingerprint density at radius 2 is 1.39 bits per heavy atom. The molecular weight excluding hydrogens is 226 g/mol. The Kier molecular flexibility index (Phi) is 3.84. The molecule has 0 aliphatic heterocycles. The maximum atomic E-state index is 9.41. The van der Waals surface area contributed by atoms with Crippen molar-refractivity contribution in [2.45, 2.75) is 33.6 Å². The number of rotatable bonds is 4. The number of aromatic nitrogens is 1. The van der Waals surface area contributed by atoms with Crippen LogP contribution in [0.15, 0.2) is 30.3 Å². The lowest BCUT2D eigenvalue weighted by Gasteiger charge is -2.09. The van der Waals surface area contributed by atoms with Crippen LogP contribution in [0.4, 0.5) is 0 Å². The molecule has 3 heteroatoms. The van der Waals surface area contributed by atoms with Crippen LogP contribution in [0.1, 0.15) is 28.1 Å². The molecule has 0 saturated carbocycles. The van der Waals surface area contributed by atoms with Gasteiger partial charge in [0.05, 0.1) is 13.2 Å². The quantitative estimate of drug-likeness (QED) is 0.867. The van der Waals surface area contributed by atoms with Crippen LogP contribution in [0.25, 0.3) is 0 Å². The van der Waals surface area contributed by atoms with Crippen molar-refractivity contribution in [3.8, 4) is 0 Å². The number of aliphatic hydroxyl groups excluding tert-OH is 2. The molecule has 1 aromatic heterocycles. The largest absolute Gasteiger partial charge is 0.392 e. The van der Waals surface area contributed by atoms with E-state index in [1.165, 1.54) is 5.56 Å².